The fraction of sp³-hybridized carbons (Fsp3) is 0.684. The average molecular weight is 307 g/mol. The van der Waals surface area contributed by atoms with Crippen molar-refractivity contribution < 1.29 is 9.13 Å². The highest BCUT2D eigenvalue weighted by Crippen LogP contribution is 2.33. The van der Waals surface area contributed by atoms with Gasteiger partial charge in [-0.3, -0.25) is 4.90 Å². The van der Waals surface area contributed by atoms with Gasteiger partial charge in [0.05, 0.1) is 7.11 Å². The fourth-order valence-corrected chi connectivity index (χ4v) is 3.56. The first-order valence-corrected chi connectivity index (χ1v) is 8.40. The summed E-state index contributed by atoms with van der Waals surface area (Å²) in [5.41, 5.74) is 1.51. The molecule has 0 aliphatic carbocycles. The number of halogens is 1. The number of likely N-dealkylation sites (tertiary alicyclic amines) is 1. The number of alkyl halides is 1. The first kappa shape index (κ1) is 17.3. The van der Waals surface area contributed by atoms with Crippen molar-refractivity contribution in [2.75, 3.05) is 20.2 Å². The van der Waals surface area contributed by atoms with Crippen LogP contribution in [-0.4, -0.2) is 30.8 Å². The molecule has 0 saturated carbocycles. The molecule has 3 heteroatoms. The predicted molar refractivity (Wildman–Crippen MR) is 90.3 cm³/mol. The minimum atomic E-state index is -1.09. The Kier molecular flexibility index (Phi) is 5.49. The highest BCUT2D eigenvalue weighted by molar-refractivity contribution is 5.42. The highest BCUT2D eigenvalue weighted by Gasteiger charge is 2.33. The Morgan fingerprint density at radius 1 is 1.36 bits per heavy atom. The molecule has 0 radical (unpaired) electrons. The SMILES string of the molecule is COc1cccc(CN2CCCC(C(C)(C)F)C2)c1C(C)C. The van der Waals surface area contributed by atoms with E-state index in [0.29, 0.717) is 5.92 Å². The van der Waals surface area contributed by atoms with Crippen molar-refractivity contribution in [3.8, 4) is 5.75 Å². The molecule has 1 aliphatic heterocycles. The van der Waals surface area contributed by atoms with Gasteiger partial charge in [0.25, 0.3) is 0 Å². The number of hydrogen-bond acceptors (Lipinski definition) is 2. The van der Waals surface area contributed by atoms with Crippen LogP contribution in [0.3, 0.4) is 0 Å². The molecule has 124 valence electrons. The molecule has 1 atom stereocenters. The zero-order chi connectivity index (χ0) is 16.3. The van der Waals surface area contributed by atoms with Gasteiger partial charge in [-0.25, -0.2) is 4.39 Å². The van der Waals surface area contributed by atoms with Gasteiger partial charge in [-0.15, -0.1) is 0 Å². The van der Waals surface area contributed by atoms with Crippen LogP contribution in [-0.2, 0) is 6.54 Å². The van der Waals surface area contributed by atoms with Crippen LogP contribution in [0.15, 0.2) is 18.2 Å². The summed E-state index contributed by atoms with van der Waals surface area (Å²) in [7, 11) is 1.73. The molecular formula is C19H30FNO. The molecule has 1 aliphatic rings. The van der Waals surface area contributed by atoms with Gasteiger partial charge in [0.15, 0.2) is 0 Å². The van der Waals surface area contributed by atoms with E-state index < -0.39 is 5.67 Å². The van der Waals surface area contributed by atoms with Gasteiger partial charge in [-0.1, -0.05) is 26.0 Å². The third kappa shape index (κ3) is 4.01. The zero-order valence-corrected chi connectivity index (χ0v) is 14.7. The van der Waals surface area contributed by atoms with Crippen LogP contribution in [0.2, 0.25) is 0 Å². The van der Waals surface area contributed by atoms with E-state index in [1.807, 2.05) is 6.07 Å². The maximum atomic E-state index is 14.3. The summed E-state index contributed by atoms with van der Waals surface area (Å²) < 4.78 is 19.8. The van der Waals surface area contributed by atoms with Crippen molar-refractivity contribution in [2.45, 2.75) is 58.7 Å². The number of benzene rings is 1. The van der Waals surface area contributed by atoms with Crippen molar-refractivity contribution in [3.63, 3.8) is 0 Å². The van der Waals surface area contributed by atoms with Gasteiger partial charge in [0.1, 0.15) is 11.4 Å². The summed E-state index contributed by atoms with van der Waals surface area (Å²) in [6.07, 6.45) is 2.08. The van der Waals surface area contributed by atoms with E-state index in [1.165, 1.54) is 11.1 Å². The van der Waals surface area contributed by atoms with Gasteiger partial charge in [-0.05, 0) is 50.8 Å². The van der Waals surface area contributed by atoms with E-state index in [2.05, 4.69) is 30.9 Å². The summed E-state index contributed by atoms with van der Waals surface area (Å²) in [4.78, 5) is 2.40. The number of nitrogens with zero attached hydrogens (tertiary/aromatic N) is 1. The molecule has 2 nitrogen and oxygen atoms in total. The van der Waals surface area contributed by atoms with E-state index in [1.54, 1.807) is 21.0 Å². The maximum absolute atomic E-state index is 14.3. The predicted octanol–water partition coefficient (Wildman–Crippen LogP) is 4.78. The van der Waals surface area contributed by atoms with Crippen LogP contribution in [0, 0.1) is 5.92 Å². The highest BCUT2D eigenvalue weighted by atomic mass is 19.1. The molecule has 2 rings (SSSR count). The van der Waals surface area contributed by atoms with Crippen LogP contribution in [0.4, 0.5) is 4.39 Å². The van der Waals surface area contributed by atoms with Crippen LogP contribution >= 0.6 is 0 Å². The lowest BCUT2D eigenvalue weighted by molar-refractivity contribution is 0.0496. The van der Waals surface area contributed by atoms with Crippen molar-refractivity contribution in [1.29, 1.82) is 0 Å². The van der Waals surface area contributed by atoms with Gasteiger partial charge in [0.2, 0.25) is 0 Å². The largest absolute Gasteiger partial charge is 0.496 e. The van der Waals surface area contributed by atoms with E-state index >= 15 is 0 Å². The van der Waals surface area contributed by atoms with Crippen molar-refractivity contribution >= 4 is 0 Å². The van der Waals surface area contributed by atoms with Crippen LogP contribution in [0.25, 0.3) is 0 Å². The molecular weight excluding hydrogens is 277 g/mol. The van der Waals surface area contributed by atoms with E-state index in [-0.39, 0.29) is 5.92 Å². The Balaban J connectivity index is 2.17. The van der Waals surface area contributed by atoms with Crippen LogP contribution < -0.4 is 4.74 Å². The Hall–Kier alpha value is -1.09. The smallest absolute Gasteiger partial charge is 0.122 e. The van der Waals surface area contributed by atoms with E-state index in [9.17, 15) is 4.39 Å². The second-order valence-electron chi connectivity index (χ2n) is 7.33. The molecule has 0 aromatic heterocycles. The topological polar surface area (TPSA) is 12.5 Å². The number of rotatable bonds is 5. The lowest BCUT2D eigenvalue weighted by Crippen LogP contribution is -2.42. The summed E-state index contributed by atoms with van der Waals surface area (Å²) in [5.74, 6) is 1.52. The van der Waals surface area contributed by atoms with Gasteiger partial charge < -0.3 is 4.74 Å². The molecule has 0 bridgehead atoms. The van der Waals surface area contributed by atoms with Gasteiger partial charge in [0, 0.05) is 24.6 Å². The molecule has 1 fully saturated rings. The second-order valence-corrected chi connectivity index (χ2v) is 7.33. The van der Waals surface area contributed by atoms with Gasteiger partial charge >= 0.3 is 0 Å². The van der Waals surface area contributed by atoms with E-state index in [4.69, 9.17) is 4.74 Å². The van der Waals surface area contributed by atoms with Crippen LogP contribution in [0.1, 0.15) is 57.6 Å². The van der Waals surface area contributed by atoms with Gasteiger partial charge in [-0.2, -0.15) is 0 Å². The monoisotopic (exact) mass is 307 g/mol. The maximum Gasteiger partial charge on any atom is 0.122 e. The molecule has 1 saturated heterocycles. The summed E-state index contributed by atoms with van der Waals surface area (Å²) in [5, 5.41) is 0. The molecule has 1 aromatic carbocycles. The Morgan fingerprint density at radius 3 is 2.68 bits per heavy atom. The van der Waals surface area contributed by atoms with Crippen molar-refractivity contribution in [2.24, 2.45) is 5.92 Å². The molecule has 1 unspecified atom stereocenters. The van der Waals surface area contributed by atoms with Crippen LogP contribution in [0.5, 0.6) is 5.75 Å². The standard InChI is InChI=1S/C19H30FNO/c1-14(2)18-15(8-6-10-17(18)22-5)12-21-11-7-9-16(13-21)19(3,4)20/h6,8,10,14,16H,7,9,11-13H2,1-5H3. The first-order chi connectivity index (χ1) is 10.3. The molecule has 1 aromatic rings. The van der Waals surface area contributed by atoms with Crippen molar-refractivity contribution in [1.82, 2.24) is 4.90 Å². The Bertz CT molecular complexity index is 493. The molecule has 0 spiro atoms. The van der Waals surface area contributed by atoms with Crippen molar-refractivity contribution in [3.05, 3.63) is 29.3 Å². The number of methoxy groups -OCH3 is 1. The minimum absolute atomic E-state index is 0.134. The third-order valence-electron chi connectivity index (χ3n) is 4.82. The normalized spacial score (nSPS) is 20.4. The number of piperidine rings is 1. The first-order valence-electron chi connectivity index (χ1n) is 8.40. The lowest BCUT2D eigenvalue weighted by atomic mass is 9.85. The third-order valence-corrected chi connectivity index (χ3v) is 4.82. The molecule has 1 heterocycles. The summed E-state index contributed by atoms with van der Waals surface area (Å²) in [6.45, 7) is 10.6. The Morgan fingerprint density at radius 2 is 2.09 bits per heavy atom. The minimum Gasteiger partial charge on any atom is -0.496 e. The number of hydrogen-bond donors (Lipinski definition) is 0. The molecule has 0 N–H and O–H groups in total. The Labute approximate surface area is 134 Å². The quantitative estimate of drug-likeness (QED) is 0.776. The summed E-state index contributed by atoms with van der Waals surface area (Å²) in [6, 6.07) is 6.27. The second kappa shape index (κ2) is 6.99. The number of ether oxygens (including phenoxy) is 1. The molecule has 22 heavy (non-hydrogen) atoms. The average Bonchev–Trinajstić information content (AvgIpc) is 2.46. The fourth-order valence-electron chi connectivity index (χ4n) is 3.56. The zero-order valence-electron chi connectivity index (χ0n) is 14.7. The molecule has 0 amide bonds. The lowest BCUT2D eigenvalue weighted by Gasteiger charge is -2.38. The summed E-state index contributed by atoms with van der Waals surface area (Å²) >= 11 is 0. The van der Waals surface area contributed by atoms with E-state index in [0.717, 1.165) is 38.2 Å².